The molecule has 0 N–H and O–H groups in total. The Morgan fingerprint density at radius 1 is 1.23 bits per heavy atom. The summed E-state index contributed by atoms with van der Waals surface area (Å²) in [5, 5.41) is 8.88. The van der Waals surface area contributed by atoms with Crippen molar-refractivity contribution in [2.24, 2.45) is 0 Å². The lowest BCUT2D eigenvalue weighted by atomic mass is 10.1. The number of benzene rings is 1. The van der Waals surface area contributed by atoms with Gasteiger partial charge in [-0.15, -0.1) is 0 Å². The Morgan fingerprint density at radius 2 is 1.85 bits per heavy atom. The fourth-order valence-electron chi connectivity index (χ4n) is 1.35. The van der Waals surface area contributed by atoms with Gasteiger partial charge in [-0.05, 0) is 17.7 Å². The highest BCUT2D eigenvalue weighted by Gasteiger charge is 2.15. The molecular weight excluding hydrogens is 174 g/mol. The van der Waals surface area contributed by atoms with Crippen molar-refractivity contribution in [1.29, 1.82) is 5.26 Å². The van der Waals surface area contributed by atoms with Crippen LogP contribution in [0, 0.1) is 11.3 Å². The Kier molecular flexibility index (Phi) is 2.89. The molecule has 0 aromatic heterocycles. The van der Waals surface area contributed by atoms with Crippen molar-refractivity contribution in [2.75, 3.05) is 0 Å². The Labute approximate surface area is 81.0 Å². The molecule has 0 atom stereocenters. The first-order valence-corrected chi connectivity index (χ1v) is 8.22. The summed E-state index contributed by atoms with van der Waals surface area (Å²) in [5.74, 6) is 0. The molecule has 0 aliphatic heterocycles. The molecule has 0 saturated carbocycles. The molecule has 0 spiro atoms. The monoisotopic (exact) mass is 189 g/mol. The van der Waals surface area contributed by atoms with Crippen LogP contribution in [-0.4, -0.2) is 8.07 Å². The van der Waals surface area contributed by atoms with Gasteiger partial charge in [0, 0.05) is 8.07 Å². The third kappa shape index (κ3) is 3.04. The molecular formula is C11H15NSi. The second-order valence-corrected chi connectivity index (χ2v) is 9.98. The number of rotatable bonds is 2. The first-order valence-electron chi connectivity index (χ1n) is 4.51. The maximum absolute atomic E-state index is 8.88. The summed E-state index contributed by atoms with van der Waals surface area (Å²) >= 11 is 0. The van der Waals surface area contributed by atoms with Crippen LogP contribution in [-0.2, 0) is 6.04 Å². The van der Waals surface area contributed by atoms with E-state index in [4.69, 9.17) is 5.26 Å². The van der Waals surface area contributed by atoms with Gasteiger partial charge < -0.3 is 0 Å². The van der Waals surface area contributed by atoms with E-state index in [0.29, 0.717) is 0 Å². The van der Waals surface area contributed by atoms with E-state index in [1.54, 1.807) is 0 Å². The lowest BCUT2D eigenvalue weighted by molar-refractivity contribution is 1.28. The second-order valence-electron chi connectivity index (χ2n) is 4.51. The van der Waals surface area contributed by atoms with Gasteiger partial charge in [0.1, 0.15) is 0 Å². The molecule has 13 heavy (non-hydrogen) atoms. The zero-order chi connectivity index (χ0) is 9.90. The molecule has 1 nitrogen and oxygen atoms in total. The minimum absolute atomic E-state index is 0.838. The van der Waals surface area contributed by atoms with Crippen LogP contribution in [0.1, 0.15) is 11.1 Å². The van der Waals surface area contributed by atoms with E-state index in [1.165, 1.54) is 5.56 Å². The summed E-state index contributed by atoms with van der Waals surface area (Å²) in [6, 6.07) is 11.2. The minimum atomic E-state index is -1.10. The zero-order valence-electron chi connectivity index (χ0n) is 8.46. The van der Waals surface area contributed by atoms with Gasteiger partial charge in [0.15, 0.2) is 0 Å². The van der Waals surface area contributed by atoms with E-state index in [-0.39, 0.29) is 0 Å². The van der Waals surface area contributed by atoms with Crippen LogP contribution in [0.25, 0.3) is 0 Å². The average molecular weight is 189 g/mol. The highest BCUT2D eigenvalue weighted by Crippen LogP contribution is 2.14. The molecule has 0 amide bonds. The Balaban J connectivity index is 2.96. The topological polar surface area (TPSA) is 23.8 Å². The molecule has 0 heterocycles. The normalized spacial score (nSPS) is 10.9. The summed E-state index contributed by atoms with van der Waals surface area (Å²) in [6.07, 6.45) is 0. The SMILES string of the molecule is C[Si](C)(C)Cc1ccccc1C#N. The summed E-state index contributed by atoms with van der Waals surface area (Å²) in [4.78, 5) is 0. The third-order valence-corrected chi connectivity index (χ3v) is 3.30. The van der Waals surface area contributed by atoms with Crippen LogP contribution in [0.3, 0.4) is 0 Å². The summed E-state index contributed by atoms with van der Waals surface area (Å²) in [6.45, 7) is 6.96. The molecule has 0 radical (unpaired) electrons. The van der Waals surface area contributed by atoms with Gasteiger partial charge in [0.05, 0.1) is 11.6 Å². The van der Waals surface area contributed by atoms with Crippen molar-refractivity contribution in [2.45, 2.75) is 25.7 Å². The van der Waals surface area contributed by atoms with Crippen molar-refractivity contribution in [1.82, 2.24) is 0 Å². The van der Waals surface area contributed by atoms with E-state index < -0.39 is 8.07 Å². The zero-order valence-corrected chi connectivity index (χ0v) is 9.46. The van der Waals surface area contributed by atoms with Crippen LogP contribution >= 0.6 is 0 Å². The van der Waals surface area contributed by atoms with Crippen molar-refractivity contribution in [3.63, 3.8) is 0 Å². The van der Waals surface area contributed by atoms with Gasteiger partial charge in [-0.1, -0.05) is 37.8 Å². The molecule has 0 aliphatic rings. The van der Waals surface area contributed by atoms with E-state index in [2.05, 4.69) is 31.8 Å². The molecule has 1 aromatic rings. The molecule has 1 rings (SSSR count). The van der Waals surface area contributed by atoms with Crippen LogP contribution in [0.4, 0.5) is 0 Å². The highest BCUT2D eigenvalue weighted by molar-refractivity contribution is 6.75. The summed E-state index contributed by atoms with van der Waals surface area (Å²) in [5.41, 5.74) is 2.05. The van der Waals surface area contributed by atoms with Crippen LogP contribution in [0.5, 0.6) is 0 Å². The third-order valence-electron chi connectivity index (χ3n) is 1.86. The predicted molar refractivity (Wildman–Crippen MR) is 58.2 cm³/mol. The molecule has 1 aromatic carbocycles. The van der Waals surface area contributed by atoms with E-state index >= 15 is 0 Å². The largest absolute Gasteiger partial charge is 0.192 e. The maximum Gasteiger partial charge on any atom is 0.0994 e. The smallest absolute Gasteiger partial charge is 0.0994 e. The van der Waals surface area contributed by atoms with E-state index in [0.717, 1.165) is 11.6 Å². The molecule has 68 valence electrons. The van der Waals surface area contributed by atoms with Gasteiger partial charge in [-0.2, -0.15) is 5.26 Å². The van der Waals surface area contributed by atoms with Crippen LogP contribution in [0.2, 0.25) is 19.6 Å². The second kappa shape index (κ2) is 3.76. The van der Waals surface area contributed by atoms with Gasteiger partial charge in [0.2, 0.25) is 0 Å². The number of hydrogen-bond acceptors (Lipinski definition) is 1. The quantitative estimate of drug-likeness (QED) is 0.656. The molecule has 0 bridgehead atoms. The van der Waals surface area contributed by atoms with Gasteiger partial charge in [-0.3, -0.25) is 0 Å². The number of nitriles is 1. The van der Waals surface area contributed by atoms with Gasteiger partial charge >= 0.3 is 0 Å². The lowest BCUT2D eigenvalue weighted by Crippen LogP contribution is -2.24. The molecule has 0 fully saturated rings. The number of hydrogen-bond donors (Lipinski definition) is 0. The van der Waals surface area contributed by atoms with Crippen LogP contribution < -0.4 is 0 Å². The maximum atomic E-state index is 8.88. The minimum Gasteiger partial charge on any atom is -0.192 e. The van der Waals surface area contributed by atoms with Gasteiger partial charge in [0.25, 0.3) is 0 Å². The first-order chi connectivity index (χ1) is 6.03. The fraction of sp³-hybridized carbons (Fsp3) is 0.364. The van der Waals surface area contributed by atoms with Crippen molar-refractivity contribution < 1.29 is 0 Å². The standard InChI is InChI=1S/C11H15NSi/c1-13(2,3)9-11-7-5-4-6-10(11)8-12/h4-7H,9H2,1-3H3. The lowest BCUT2D eigenvalue weighted by Gasteiger charge is -2.16. The van der Waals surface area contributed by atoms with Crippen molar-refractivity contribution in [3.8, 4) is 6.07 Å². The van der Waals surface area contributed by atoms with E-state index in [9.17, 15) is 0 Å². The Bertz CT molecular complexity index is 331. The fourth-order valence-corrected chi connectivity index (χ4v) is 2.81. The molecule has 0 aliphatic carbocycles. The number of nitrogens with zero attached hydrogens (tertiary/aromatic N) is 1. The van der Waals surface area contributed by atoms with Crippen LogP contribution in [0.15, 0.2) is 24.3 Å². The van der Waals surface area contributed by atoms with Crippen molar-refractivity contribution >= 4 is 8.07 Å². The molecule has 2 heteroatoms. The molecule has 0 saturated heterocycles. The van der Waals surface area contributed by atoms with Crippen molar-refractivity contribution in [3.05, 3.63) is 35.4 Å². The first kappa shape index (κ1) is 10.0. The average Bonchev–Trinajstić information content (AvgIpc) is 2.02. The summed E-state index contributed by atoms with van der Waals surface area (Å²) < 4.78 is 0. The highest BCUT2D eigenvalue weighted by atomic mass is 28.3. The predicted octanol–water partition coefficient (Wildman–Crippen LogP) is 2.98. The Hall–Kier alpha value is -1.07. The Morgan fingerprint density at radius 3 is 2.38 bits per heavy atom. The van der Waals surface area contributed by atoms with E-state index in [1.807, 2.05) is 18.2 Å². The summed E-state index contributed by atoms with van der Waals surface area (Å²) in [7, 11) is -1.10. The van der Waals surface area contributed by atoms with Gasteiger partial charge in [-0.25, -0.2) is 0 Å². The molecule has 0 unspecified atom stereocenters.